The van der Waals surface area contributed by atoms with Gasteiger partial charge in [0.25, 0.3) is 0 Å². The van der Waals surface area contributed by atoms with Crippen molar-refractivity contribution in [1.29, 1.82) is 0 Å². The standard InChI is InChI=1S/C30H38F2NO3P/c1-22-8-9-26(16-23(22)2)17-27(28-18-29(31)20-30(32)19-28)7-4-3-6-24-10-12-25(13-11-24)21-33-14-5-15-37(34,35)36/h8-13,16,18-20,27,33H,3-7,14-15,17,21H2,1-2H3,(H2,34,35,36). The minimum atomic E-state index is -3.92. The zero-order valence-electron chi connectivity index (χ0n) is 21.7. The summed E-state index contributed by atoms with van der Waals surface area (Å²) in [4.78, 5) is 17.8. The van der Waals surface area contributed by atoms with Gasteiger partial charge in [-0.15, -0.1) is 0 Å². The van der Waals surface area contributed by atoms with Gasteiger partial charge >= 0.3 is 7.60 Å². The van der Waals surface area contributed by atoms with Crippen molar-refractivity contribution in [2.24, 2.45) is 0 Å². The summed E-state index contributed by atoms with van der Waals surface area (Å²) in [7, 11) is -3.92. The second kappa shape index (κ2) is 14.0. The van der Waals surface area contributed by atoms with Crippen LogP contribution in [0.4, 0.5) is 8.78 Å². The van der Waals surface area contributed by atoms with E-state index >= 15 is 0 Å². The van der Waals surface area contributed by atoms with Gasteiger partial charge in [0.1, 0.15) is 11.6 Å². The van der Waals surface area contributed by atoms with E-state index in [1.165, 1.54) is 34.4 Å². The van der Waals surface area contributed by atoms with Crippen molar-refractivity contribution in [3.8, 4) is 0 Å². The Balaban J connectivity index is 1.50. The smallest absolute Gasteiger partial charge is 0.324 e. The molecule has 0 amide bonds. The summed E-state index contributed by atoms with van der Waals surface area (Å²) in [5, 5.41) is 3.21. The molecule has 0 spiro atoms. The van der Waals surface area contributed by atoms with Crippen molar-refractivity contribution >= 4 is 7.60 Å². The Morgan fingerprint density at radius 3 is 2.11 bits per heavy atom. The van der Waals surface area contributed by atoms with E-state index in [1.54, 1.807) is 0 Å². The average Bonchev–Trinajstić information content (AvgIpc) is 2.82. The molecule has 7 heteroatoms. The first-order chi connectivity index (χ1) is 17.6. The van der Waals surface area contributed by atoms with E-state index in [4.69, 9.17) is 9.79 Å². The number of nitrogens with one attached hydrogen (secondary N) is 1. The van der Waals surface area contributed by atoms with Crippen molar-refractivity contribution in [2.45, 2.75) is 64.8 Å². The maximum Gasteiger partial charge on any atom is 0.325 e. The van der Waals surface area contributed by atoms with Gasteiger partial charge in [0.2, 0.25) is 0 Å². The van der Waals surface area contributed by atoms with Crippen LogP contribution in [-0.4, -0.2) is 22.5 Å². The van der Waals surface area contributed by atoms with Gasteiger partial charge in [0.15, 0.2) is 0 Å². The molecular formula is C30H38F2NO3P. The molecule has 3 aromatic carbocycles. The van der Waals surface area contributed by atoms with E-state index in [2.05, 4.69) is 61.6 Å². The Bertz CT molecular complexity index is 1170. The molecule has 0 bridgehead atoms. The van der Waals surface area contributed by atoms with Crippen molar-refractivity contribution in [3.63, 3.8) is 0 Å². The predicted octanol–water partition coefficient (Wildman–Crippen LogP) is 6.98. The van der Waals surface area contributed by atoms with E-state index < -0.39 is 19.2 Å². The molecule has 0 aliphatic carbocycles. The number of rotatable bonds is 14. The molecule has 0 aromatic heterocycles. The van der Waals surface area contributed by atoms with Gasteiger partial charge in [-0.2, -0.15) is 0 Å². The summed E-state index contributed by atoms with van der Waals surface area (Å²) < 4.78 is 38.8. The van der Waals surface area contributed by atoms with Gasteiger partial charge in [-0.05, 0) is 104 Å². The van der Waals surface area contributed by atoms with Crippen LogP contribution in [0.2, 0.25) is 0 Å². The fourth-order valence-electron chi connectivity index (χ4n) is 4.60. The van der Waals surface area contributed by atoms with E-state index in [9.17, 15) is 13.3 Å². The molecule has 4 nitrogen and oxygen atoms in total. The summed E-state index contributed by atoms with van der Waals surface area (Å²) in [6.45, 7) is 5.39. The highest BCUT2D eigenvalue weighted by atomic mass is 31.2. The number of aryl methyl sites for hydroxylation is 3. The van der Waals surface area contributed by atoms with E-state index in [0.717, 1.165) is 43.7 Å². The minimum Gasteiger partial charge on any atom is -0.324 e. The Morgan fingerprint density at radius 1 is 0.811 bits per heavy atom. The highest BCUT2D eigenvalue weighted by molar-refractivity contribution is 7.51. The molecular weight excluding hydrogens is 491 g/mol. The molecule has 0 saturated heterocycles. The predicted molar refractivity (Wildman–Crippen MR) is 146 cm³/mol. The van der Waals surface area contributed by atoms with Crippen LogP contribution in [0.25, 0.3) is 0 Å². The van der Waals surface area contributed by atoms with E-state index in [-0.39, 0.29) is 12.1 Å². The topological polar surface area (TPSA) is 69.6 Å². The van der Waals surface area contributed by atoms with Crippen LogP contribution in [-0.2, 0) is 24.0 Å². The van der Waals surface area contributed by atoms with Crippen LogP contribution in [0, 0.1) is 25.5 Å². The number of halogens is 2. The number of benzene rings is 3. The quantitative estimate of drug-likeness (QED) is 0.156. The number of hydrogen-bond donors (Lipinski definition) is 3. The van der Waals surface area contributed by atoms with Gasteiger partial charge < -0.3 is 15.1 Å². The third-order valence-electron chi connectivity index (χ3n) is 6.83. The van der Waals surface area contributed by atoms with Crippen LogP contribution in [0.3, 0.4) is 0 Å². The summed E-state index contributed by atoms with van der Waals surface area (Å²) in [6, 6.07) is 18.6. The third-order valence-corrected chi connectivity index (χ3v) is 7.73. The van der Waals surface area contributed by atoms with Crippen LogP contribution >= 0.6 is 7.60 Å². The van der Waals surface area contributed by atoms with Gasteiger partial charge in [0, 0.05) is 12.6 Å². The fourth-order valence-corrected chi connectivity index (χ4v) is 5.17. The fraction of sp³-hybridized carbons (Fsp3) is 0.400. The average molecular weight is 530 g/mol. The van der Waals surface area contributed by atoms with Gasteiger partial charge in [-0.3, -0.25) is 4.57 Å². The van der Waals surface area contributed by atoms with Crippen LogP contribution in [0.15, 0.2) is 60.7 Å². The molecule has 200 valence electrons. The molecule has 0 saturated carbocycles. The van der Waals surface area contributed by atoms with Crippen LogP contribution in [0.1, 0.15) is 65.0 Å². The maximum absolute atomic E-state index is 14.0. The number of hydrogen-bond acceptors (Lipinski definition) is 2. The Kier molecular flexibility index (Phi) is 11.0. The van der Waals surface area contributed by atoms with Crippen molar-refractivity contribution < 1.29 is 23.1 Å². The lowest BCUT2D eigenvalue weighted by Gasteiger charge is -2.19. The summed E-state index contributed by atoms with van der Waals surface area (Å²) in [5.41, 5.74) is 6.73. The highest BCUT2D eigenvalue weighted by Crippen LogP contribution is 2.34. The molecule has 0 fully saturated rings. The molecule has 0 aliphatic rings. The van der Waals surface area contributed by atoms with Gasteiger partial charge in [-0.25, -0.2) is 8.78 Å². The van der Waals surface area contributed by atoms with Crippen LogP contribution in [0.5, 0.6) is 0 Å². The molecule has 0 aliphatic heterocycles. The molecule has 0 radical (unpaired) electrons. The highest BCUT2D eigenvalue weighted by Gasteiger charge is 2.15. The monoisotopic (exact) mass is 529 g/mol. The van der Waals surface area contributed by atoms with E-state index in [1.807, 2.05) is 0 Å². The van der Waals surface area contributed by atoms with E-state index in [0.29, 0.717) is 25.1 Å². The largest absolute Gasteiger partial charge is 0.325 e. The lowest BCUT2D eigenvalue weighted by molar-refractivity contribution is 0.371. The first-order valence-electron chi connectivity index (χ1n) is 12.9. The van der Waals surface area contributed by atoms with Crippen molar-refractivity contribution in [2.75, 3.05) is 12.7 Å². The molecule has 3 N–H and O–H groups in total. The molecule has 3 aromatic rings. The summed E-state index contributed by atoms with van der Waals surface area (Å²) in [5.74, 6) is -1.01. The number of unbranched alkanes of at least 4 members (excludes halogenated alkanes) is 1. The van der Waals surface area contributed by atoms with Gasteiger partial charge in [0.05, 0.1) is 6.16 Å². The zero-order chi connectivity index (χ0) is 26.8. The lowest BCUT2D eigenvalue weighted by atomic mass is 9.86. The second-order valence-electron chi connectivity index (χ2n) is 10.0. The Labute approximate surface area is 219 Å². The van der Waals surface area contributed by atoms with Crippen molar-refractivity contribution in [3.05, 3.63) is 106 Å². The molecule has 37 heavy (non-hydrogen) atoms. The van der Waals surface area contributed by atoms with Gasteiger partial charge in [-0.1, -0.05) is 48.9 Å². The molecule has 1 atom stereocenters. The summed E-state index contributed by atoms with van der Waals surface area (Å²) >= 11 is 0. The maximum atomic E-state index is 14.0. The van der Waals surface area contributed by atoms with Crippen molar-refractivity contribution in [1.82, 2.24) is 5.32 Å². The molecule has 1 unspecified atom stereocenters. The third kappa shape index (κ3) is 10.5. The molecule has 0 heterocycles. The minimum absolute atomic E-state index is 0.0475. The second-order valence-corrected chi connectivity index (χ2v) is 11.8. The normalized spacial score (nSPS) is 12.6. The Hall–Kier alpha value is -2.37. The SMILES string of the molecule is Cc1ccc(CC(CCCCc2ccc(CNCCCP(=O)(O)O)cc2)c2cc(F)cc(F)c2)cc1C. The van der Waals surface area contributed by atoms with Crippen LogP contribution < -0.4 is 5.32 Å². The Morgan fingerprint density at radius 2 is 1.46 bits per heavy atom. The molecule has 3 rings (SSSR count). The zero-order valence-corrected chi connectivity index (χ0v) is 22.6. The summed E-state index contributed by atoms with van der Waals surface area (Å²) in [6.07, 6.45) is 4.82. The first-order valence-corrected chi connectivity index (χ1v) is 14.7. The first kappa shape index (κ1) is 29.2. The lowest BCUT2D eigenvalue weighted by Crippen LogP contribution is -2.15.